The first kappa shape index (κ1) is 43.2. The molecule has 3 aromatic heterocycles. The third-order valence-electron chi connectivity index (χ3n) is 17.2. The van der Waals surface area contributed by atoms with E-state index in [1.165, 1.54) is 178 Å². The minimum Gasteiger partial charge on any atom is -0.310 e. The van der Waals surface area contributed by atoms with Crippen LogP contribution in [0.1, 0.15) is 77.9 Å². The normalized spacial score (nSPS) is 12.5. The van der Waals surface area contributed by atoms with Crippen LogP contribution in [-0.2, 0) is 6.42 Å². The molecule has 12 aromatic rings. The Hall–Kier alpha value is -7.82. The van der Waals surface area contributed by atoms with Crippen molar-refractivity contribution in [3.8, 4) is 5.69 Å². The van der Waals surface area contributed by atoms with Gasteiger partial charge in [0.1, 0.15) is 0 Å². The third-order valence-corrected chi connectivity index (χ3v) is 17.2. The van der Waals surface area contributed by atoms with Crippen LogP contribution in [0.25, 0.3) is 65.6 Å². The zero-order valence-corrected chi connectivity index (χ0v) is 43.2. The zero-order valence-electron chi connectivity index (χ0n) is 43.2. The van der Waals surface area contributed by atoms with Crippen molar-refractivity contribution in [1.82, 2.24) is 8.97 Å². The molecule has 4 heteroatoms. The van der Waals surface area contributed by atoms with Gasteiger partial charge < -0.3 is 18.8 Å². The van der Waals surface area contributed by atoms with Crippen LogP contribution in [-0.4, -0.2) is 8.97 Å². The minimum atomic E-state index is 0.844. The number of aryl methyl sites for hydroxylation is 8. The maximum atomic E-state index is 2.60. The number of hydrogen-bond donors (Lipinski definition) is 0. The first-order chi connectivity index (χ1) is 34.2. The van der Waals surface area contributed by atoms with E-state index in [2.05, 4.69) is 235 Å². The maximum absolute atomic E-state index is 2.60. The molecule has 348 valence electrons. The van der Waals surface area contributed by atoms with E-state index in [1.54, 1.807) is 0 Å². The lowest BCUT2D eigenvalue weighted by atomic mass is 9.94. The smallest absolute Gasteiger partial charge is 0.0641 e. The molecule has 9 aromatic carbocycles. The average Bonchev–Trinajstić information content (AvgIpc) is 4.00. The molecule has 0 unspecified atom stereocenters. The molecule has 71 heavy (non-hydrogen) atoms. The van der Waals surface area contributed by atoms with Crippen LogP contribution >= 0.6 is 0 Å². The topological polar surface area (TPSA) is 15.8 Å². The van der Waals surface area contributed by atoms with Crippen molar-refractivity contribution in [2.75, 3.05) is 9.80 Å². The Labute approximate surface area is 417 Å². The van der Waals surface area contributed by atoms with Crippen LogP contribution in [0.4, 0.5) is 34.1 Å². The predicted molar refractivity (Wildman–Crippen MR) is 304 cm³/mol. The fourth-order valence-corrected chi connectivity index (χ4v) is 12.5. The summed E-state index contributed by atoms with van der Waals surface area (Å²) in [4.78, 5) is 5.06. The van der Waals surface area contributed by atoms with Crippen LogP contribution in [0.5, 0.6) is 0 Å². The van der Waals surface area contributed by atoms with E-state index in [4.69, 9.17) is 0 Å². The van der Waals surface area contributed by atoms with Crippen molar-refractivity contribution in [2.45, 2.75) is 89.5 Å². The molecular weight excluding hydrogens is 861 g/mol. The van der Waals surface area contributed by atoms with E-state index < -0.39 is 0 Å². The second-order valence-electron chi connectivity index (χ2n) is 21.2. The highest BCUT2D eigenvalue weighted by Gasteiger charge is 2.31. The zero-order chi connectivity index (χ0) is 49.0. The fourth-order valence-electron chi connectivity index (χ4n) is 12.5. The number of nitrogens with zero attached hydrogens (tertiary/aromatic N) is 4. The maximum Gasteiger partial charge on any atom is 0.0641 e. The monoisotopic (exact) mass is 920 g/mol. The molecule has 0 N–H and O–H groups in total. The molecule has 1 aliphatic heterocycles. The number of para-hydroxylation sites is 2. The standard InChI is InChI=1S/C67H60N4/c1-36-25-50(26-37(2)44(36)9)68(51-27-38(3)45(10)39(4)28-51)60-23-21-48-33-49-34-63-57(35-62(49)70-58-19-15-13-17-55(58)64(60)66(48)70)54-22-24-61(65-56-18-14-16-20-59(56)71(63)67(54)65)69(52-29-40(5)46(11)41(6)30-52)53-31-42(7)47(12)43(8)32-53/h13-32,34-35H,33H2,1-12H3. The minimum absolute atomic E-state index is 0.844. The lowest BCUT2D eigenvalue weighted by Crippen LogP contribution is -2.14. The summed E-state index contributed by atoms with van der Waals surface area (Å²) in [6.45, 7) is 27.0. The summed E-state index contributed by atoms with van der Waals surface area (Å²) in [5.74, 6) is 0. The van der Waals surface area contributed by atoms with Gasteiger partial charge in [-0.1, -0.05) is 48.5 Å². The molecule has 13 rings (SSSR count). The second-order valence-corrected chi connectivity index (χ2v) is 21.2. The van der Waals surface area contributed by atoms with Crippen LogP contribution in [0.2, 0.25) is 0 Å². The third kappa shape index (κ3) is 6.10. The van der Waals surface area contributed by atoms with Gasteiger partial charge in [0.2, 0.25) is 0 Å². The predicted octanol–water partition coefficient (Wildman–Crippen LogP) is 18.5. The SMILES string of the molecule is Cc1cc(N(c2cc(C)c(C)c(C)c2)c2ccc3c4c2c2ccccc2n4-c2cc4c5ccc(N(c6cc(C)c(C)c(C)c6)c6cc(C)c(C)c(C)c6)c6c7ccccc7n(c4cc2C3)c56)cc(C)c1C. The van der Waals surface area contributed by atoms with Gasteiger partial charge in [0.15, 0.2) is 0 Å². The van der Waals surface area contributed by atoms with Crippen molar-refractivity contribution < 1.29 is 0 Å². The number of hydrogen-bond acceptors (Lipinski definition) is 2. The summed E-state index contributed by atoms with van der Waals surface area (Å²) in [6, 6.07) is 51.9. The Kier molecular flexibility index (Phi) is 9.34. The van der Waals surface area contributed by atoms with Crippen LogP contribution in [0.3, 0.4) is 0 Å². The summed E-state index contributed by atoms with van der Waals surface area (Å²) in [5, 5.41) is 7.67. The van der Waals surface area contributed by atoms with E-state index >= 15 is 0 Å². The van der Waals surface area contributed by atoms with Gasteiger partial charge in [0, 0.05) is 61.5 Å². The lowest BCUT2D eigenvalue weighted by Gasteiger charge is -2.30. The van der Waals surface area contributed by atoms with E-state index in [1.807, 2.05) is 0 Å². The first-order valence-electron chi connectivity index (χ1n) is 25.4. The van der Waals surface area contributed by atoms with Gasteiger partial charge in [0.25, 0.3) is 0 Å². The van der Waals surface area contributed by atoms with Crippen LogP contribution in [0.15, 0.2) is 133 Å². The van der Waals surface area contributed by atoms with E-state index in [9.17, 15) is 0 Å². The molecule has 0 radical (unpaired) electrons. The highest BCUT2D eigenvalue weighted by Crippen LogP contribution is 2.52. The summed E-state index contributed by atoms with van der Waals surface area (Å²) < 4.78 is 5.17. The van der Waals surface area contributed by atoms with Gasteiger partial charge in [-0.25, -0.2) is 0 Å². The Morgan fingerprint density at radius 2 is 0.746 bits per heavy atom. The number of fused-ring (bicyclic) bond motifs is 11. The Morgan fingerprint density at radius 3 is 1.23 bits per heavy atom. The van der Waals surface area contributed by atoms with Gasteiger partial charge in [-0.05, 0) is 246 Å². The second kappa shape index (κ2) is 15.3. The summed E-state index contributed by atoms with van der Waals surface area (Å²) in [7, 11) is 0. The number of anilines is 6. The van der Waals surface area contributed by atoms with Crippen LogP contribution in [0, 0.1) is 83.1 Å². The van der Waals surface area contributed by atoms with Crippen molar-refractivity contribution in [3.05, 3.63) is 211 Å². The summed E-state index contributed by atoms with van der Waals surface area (Å²) in [5.41, 5.74) is 33.2. The Morgan fingerprint density at radius 1 is 0.338 bits per heavy atom. The van der Waals surface area contributed by atoms with Gasteiger partial charge in [-0.3, -0.25) is 0 Å². The Balaban J connectivity index is 1.09. The molecule has 1 aliphatic rings. The molecule has 0 fully saturated rings. The quantitative estimate of drug-likeness (QED) is 0.165. The highest BCUT2D eigenvalue weighted by atomic mass is 15.2. The van der Waals surface area contributed by atoms with Crippen molar-refractivity contribution >= 4 is 94.0 Å². The molecule has 0 amide bonds. The first-order valence-corrected chi connectivity index (χ1v) is 25.4. The van der Waals surface area contributed by atoms with Crippen LogP contribution < -0.4 is 9.80 Å². The Bertz CT molecular complexity index is 4080. The van der Waals surface area contributed by atoms with Crippen molar-refractivity contribution in [1.29, 1.82) is 0 Å². The summed E-state index contributed by atoms with van der Waals surface area (Å²) >= 11 is 0. The molecule has 0 saturated carbocycles. The van der Waals surface area contributed by atoms with E-state index in [0.29, 0.717) is 0 Å². The van der Waals surface area contributed by atoms with Crippen molar-refractivity contribution in [2.24, 2.45) is 0 Å². The number of benzene rings is 9. The van der Waals surface area contributed by atoms with Gasteiger partial charge >= 0.3 is 0 Å². The largest absolute Gasteiger partial charge is 0.310 e. The molecule has 4 nitrogen and oxygen atoms in total. The van der Waals surface area contributed by atoms with Gasteiger partial charge in [-0.15, -0.1) is 0 Å². The van der Waals surface area contributed by atoms with Crippen molar-refractivity contribution in [3.63, 3.8) is 0 Å². The molecule has 0 atom stereocenters. The fraction of sp³-hybridized carbons (Fsp3) is 0.194. The average molecular weight is 921 g/mol. The molecule has 0 saturated heterocycles. The highest BCUT2D eigenvalue weighted by molar-refractivity contribution is 6.28. The van der Waals surface area contributed by atoms with Gasteiger partial charge in [0.05, 0.1) is 44.6 Å². The molecule has 0 bridgehead atoms. The molecule has 0 spiro atoms. The number of aromatic nitrogens is 2. The lowest BCUT2D eigenvalue weighted by molar-refractivity contribution is 1.05. The molecule has 0 aliphatic carbocycles. The van der Waals surface area contributed by atoms with Gasteiger partial charge in [-0.2, -0.15) is 0 Å². The molecular formula is C67H60N4. The number of rotatable bonds is 6. The summed E-state index contributed by atoms with van der Waals surface area (Å²) in [6.07, 6.45) is 0.844. The molecule has 4 heterocycles. The van der Waals surface area contributed by atoms with E-state index in [0.717, 1.165) is 6.42 Å². The van der Waals surface area contributed by atoms with E-state index in [-0.39, 0.29) is 0 Å².